The molecule has 276 valence electrons. The van der Waals surface area contributed by atoms with Crippen molar-refractivity contribution in [2.45, 2.75) is 95.4 Å². The maximum Gasteiger partial charge on any atom is 0.304 e. The second-order valence-electron chi connectivity index (χ2n) is 15.5. The van der Waals surface area contributed by atoms with Crippen molar-refractivity contribution in [2.24, 2.45) is 11.7 Å². The van der Waals surface area contributed by atoms with Crippen LogP contribution in [0, 0.1) is 12.8 Å². The predicted octanol–water partition coefficient (Wildman–Crippen LogP) is 7.43. The van der Waals surface area contributed by atoms with Gasteiger partial charge in [0.05, 0.1) is 25.0 Å². The summed E-state index contributed by atoms with van der Waals surface area (Å²) in [6.07, 6.45) is 1.71. The second kappa shape index (κ2) is 16.9. The zero-order chi connectivity index (χ0) is 37.7. The number of aliphatic carboxylic acids is 1. The van der Waals surface area contributed by atoms with Gasteiger partial charge in [0.15, 0.2) is 8.32 Å². The molecule has 0 radical (unpaired) electrons. The summed E-state index contributed by atoms with van der Waals surface area (Å²) >= 11 is 6.17. The van der Waals surface area contributed by atoms with E-state index in [-0.39, 0.29) is 48.3 Å². The number of halogens is 1. The molecule has 2 amide bonds. The molecule has 4 rings (SSSR count). The quantitative estimate of drug-likeness (QED) is 0.148. The molecule has 3 aromatic rings. The highest BCUT2D eigenvalue weighted by molar-refractivity contribution is 6.74. The van der Waals surface area contributed by atoms with Gasteiger partial charge in [-0.05, 0) is 90.5 Å². The smallest absolute Gasteiger partial charge is 0.304 e. The largest absolute Gasteiger partial charge is 0.481 e. The molecule has 0 aromatic heterocycles. The first-order valence-electron chi connectivity index (χ1n) is 17.9. The number of carbonyl (C=O) groups excluding carboxylic acids is 2. The number of carboxylic acid groups (broad SMARTS) is 1. The van der Waals surface area contributed by atoms with Gasteiger partial charge in [0.1, 0.15) is 6.04 Å². The van der Waals surface area contributed by atoms with Gasteiger partial charge in [-0.15, -0.1) is 0 Å². The Labute approximate surface area is 310 Å². The Kier molecular flexibility index (Phi) is 13.3. The van der Waals surface area contributed by atoms with Gasteiger partial charge >= 0.3 is 5.97 Å². The average molecular weight is 734 g/mol. The van der Waals surface area contributed by atoms with Gasteiger partial charge in [-0.1, -0.05) is 98.6 Å². The first kappa shape index (κ1) is 40.3. The van der Waals surface area contributed by atoms with Crippen molar-refractivity contribution in [2.75, 3.05) is 27.2 Å². The normalized spacial score (nSPS) is 16.9. The van der Waals surface area contributed by atoms with Crippen molar-refractivity contribution < 1.29 is 23.9 Å². The number of hydrogen-bond donors (Lipinski definition) is 2. The highest BCUT2D eigenvalue weighted by atomic mass is 35.5. The van der Waals surface area contributed by atoms with Gasteiger partial charge in [-0.3, -0.25) is 14.4 Å². The molecule has 3 aromatic carbocycles. The van der Waals surface area contributed by atoms with Gasteiger partial charge in [0, 0.05) is 25.7 Å². The summed E-state index contributed by atoms with van der Waals surface area (Å²) in [6.45, 7) is 13.4. The lowest BCUT2D eigenvalue weighted by molar-refractivity contribution is -0.145. The molecule has 0 saturated heterocycles. The molecule has 5 atom stereocenters. The van der Waals surface area contributed by atoms with E-state index < -0.39 is 32.3 Å². The highest BCUT2D eigenvalue weighted by Crippen LogP contribution is 2.49. The summed E-state index contributed by atoms with van der Waals surface area (Å²) in [5.41, 5.74) is 12.2. The van der Waals surface area contributed by atoms with Crippen LogP contribution in [0.1, 0.15) is 73.3 Å². The SMILES string of the molecule is Cc1ccc(C(C)C(C)(C)[Si](C)(C)OCC(N)C(=O)N(C)C(Cc2ccc(Cl)cc2)CN(C)C(=O)C(CC(=O)O)[C@@H]2CCc3ccccc32)cc1. The number of nitrogens with zero attached hydrogens (tertiary/aromatic N) is 2. The summed E-state index contributed by atoms with van der Waals surface area (Å²) in [5, 5.41) is 10.3. The third-order valence-electron chi connectivity index (χ3n) is 11.7. The number of carbonyl (C=O) groups is 3. The minimum atomic E-state index is -2.40. The summed E-state index contributed by atoms with van der Waals surface area (Å²) < 4.78 is 6.61. The number of rotatable bonds is 16. The molecule has 51 heavy (non-hydrogen) atoms. The van der Waals surface area contributed by atoms with Crippen molar-refractivity contribution in [1.29, 1.82) is 0 Å². The molecule has 4 unspecified atom stereocenters. The molecule has 0 fully saturated rings. The minimum absolute atomic E-state index is 0.0800. The molecule has 0 heterocycles. The zero-order valence-electron chi connectivity index (χ0n) is 31.5. The Bertz CT molecular complexity index is 1660. The van der Waals surface area contributed by atoms with E-state index in [0.29, 0.717) is 11.4 Å². The van der Waals surface area contributed by atoms with Gasteiger partial charge in [0.25, 0.3) is 0 Å². The lowest BCUT2D eigenvalue weighted by Crippen LogP contribution is -2.55. The molecular weight excluding hydrogens is 678 g/mol. The fraction of sp³-hybridized carbons (Fsp3) is 0.488. The van der Waals surface area contributed by atoms with Gasteiger partial charge in [-0.2, -0.15) is 0 Å². The van der Waals surface area contributed by atoms with Crippen LogP contribution in [0.2, 0.25) is 23.2 Å². The van der Waals surface area contributed by atoms with E-state index in [4.69, 9.17) is 21.8 Å². The number of amides is 2. The zero-order valence-corrected chi connectivity index (χ0v) is 33.2. The standard InChI is InChI=1S/C41H56ClN3O5Si/c1-27-13-17-30(18-14-27)28(2)41(3,4)51(7,8)50-26-37(43)40(49)45(6)33(23-29-15-20-32(42)21-16-29)25-44(5)39(48)36(24-38(46)47)35-22-19-31-11-9-10-12-34(31)35/h9-18,20-21,28,33,35-37H,19,22-26,43H2,1-8H3,(H,46,47)/t28?,33?,35-,36?,37?/m1/s1. The molecule has 8 nitrogen and oxygen atoms in total. The fourth-order valence-electron chi connectivity index (χ4n) is 7.29. The second-order valence-corrected chi connectivity index (χ2v) is 20.5. The van der Waals surface area contributed by atoms with Crippen LogP contribution >= 0.6 is 11.6 Å². The van der Waals surface area contributed by atoms with Crippen LogP contribution in [0.4, 0.5) is 0 Å². The first-order valence-corrected chi connectivity index (χ1v) is 21.2. The molecule has 0 bridgehead atoms. The number of fused-ring (bicyclic) bond motifs is 1. The number of likely N-dealkylation sites (N-methyl/N-ethyl adjacent to an activating group) is 2. The lowest BCUT2D eigenvalue weighted by Gasteiger charge is -2.44. The topological polar surface area (TPSA) is 113 Å². The Morgan fingerprint density at radius 3 is 2.25 bits per heavy atom. The molecule has 1 aliphatic carbocycles. The molecule has 1 aliphatic rings. The number of carboxylic acids is 1. The van der Waals surface area contributed by atoms with E-state index in [1.807, 2.05) is 36.4 Å². The Balaban J connectivity index is 1.50. The molecule has 3 N–H and O–H groups in total. The summed E-state index contributed by atoms with van der Waals surface area (Å²) in [7, 11) is 1.01. The van der Waals surface area contributed by atoms with Crippen LogP contribution in [-0.2, 0) is 31.7 Å². The van der Waals surface area contributed by atoms with Crippen molar-refractivity contribution in [3.05, 3.63) is 106 Å². The van der Waals surface area contributed by atoms with Crippen LogP contribution in [0.5, 0.6) is 0 Å². The van der Waals surface area contributed by atoms with E-state index in [1.165, 1.54) is 11.1 Å². The van der Waals surface area contributed by atoms with Crippen molar-refractivity contribution in [3.63, 3.8) is 0 Å². The number of hydrogen-bond acceptors (Lipinski definition) is 5. The lowest BCUT2D eigenvalue weighted by atomic mass is 9.84. The molecule has 0 saturated carbocycles. The van der Waals surface area contributed by atoms with Crippen molar-refractivity contribution in [1.82, 2.24) is 9.80 Å². The fourth-order valence-corrected chi connectivity index (χ4v) is 9.60. The minimum Gasteiger partial charge on any atom is -0.481 e. The maximum absolute atomic E-state index is 14.1. The number of nitrogens with two attached hydrogens (primary N) is 1. The third kappa shape index (κ3) is 9.69. The Morgan fingerprint density at radius 2 is 1.63 bits per heavy atom. The summed E-state index contributed by atoms with van der Waals surface area (Å²) in [6, 6.07) is 22.7. The molecule has 0 aliphatic heterocycles. The number of aryl methyl sites for hydroxylation is 2. The Morgan fingerprint density at radius 1 is 1.00 bits per heavy atom. The molecule has 10 heteroatoms. The third-order valence-corrected chi connectivity index (χ3v) is 16.3. The maximum atomic E-state index is 14.1. The summed E-state index contributed by atoms with van der Waals surface area (Å²) in [4.78, 5) is 43.4. The van der Waals surface area contributed by atoms with E-state index in [9.17, 15) is 19.5 Å². The molecular formula is C41H56ClN3O5Si. The van der Waals surface area contributed by atoms with Crippen molar-refractivity contribution >= 4 is 37.7 Å². The number of benzene rings is 3. The molecule has 0 spiro atoms. The van der Waals surface area contributed by atoms with Crippen molar-refractivity contribution in [3.8, 4) is 0 Å². The van der Waals surface area contributed by atoms with E-state index in [0.717, 1.165) is 29.5 Å². The van der Waals surface area contributed by atoms with Gasteiger partial charge < -0.3 is 25.1 Å². The van der Waals surface area contributed by atoms with Crippen LogP contribution in [0.15, 0.2) is 72.8 Å². The van der Waals surface area contributed by atoms with Crippen LogP contribution in [0.3, 0.4) is 0 Å². The van der Waals surface area contributed by atoms with Crippen LogP contribution in [-0.4, -0.2) is 80.3 Å². The highest BCUT2D eigenvalue weighted by Gasteiger charge is 2.46. The van der Waals surface area contributed by atoms with E-state index >= 15 is 0 Å². The van der Waals surface area contributed by atoms with Crippen LogP contribution in [0.25, 0.3) is 0 Å². The van der Waals surface area contributed by atoms with Gasteiger partial charge in [-0.25, -0.2) is 0 Å². The Hall–Kier alpha value is -3.50. The summed E-state index contributed by atoms with van der Waals surface area (Å²) in [5.74, 6) is -2.21. The van der Waals surface area contributed by atoms with E-state index in [2.05, 4.69) is 65.1 Å². The van der Waals surface area contributed by atoms with E-state index in [1.54, 1.807) is 36.0 Å². The monoisotopic (exact) mass is 733 g/mol. The predicted molar refractivity (Wildman–Crippen MR) is 208 cm³/mol. The average Bonchev–Trinajstić information content (AvgIpc) is 3.53. The first-order chi connectivity index (χ1) is 23.9. The van der Waals surface area contributed by atoms with Crippen LogP contribution < -0.4 is 5.73 Å². The van der Waals surface area contributed by atoms with Gasteiger partial charge in [0.2, 0.25) is 11.8 Å².